The van der Waals surface area contributed by atoms with Crippen LogP contribution in [0.1, 0.15) is 44.7 Å². The largest absolute Gasteiger partial charge is 0.457 e. The van der Waals surface area contributed by atoms with Crippen molar-refractivity contribution in [2.45, 2.75) is 45.8 Å². The fourth-order valence-electron chi connectivity index (χ4n) is 4.01. The topological polar surface area (TPSA) is 59.0 Å². The summed E-state index contributed by atoms with van der Waals surface area (Å²) in [6.07, 6.45) is 2.59. The van der Waals surface area contributed by atoms with Crippen LogP contribution in [-0.4, -0.2) is 28.1 Å². The number of carbonyl (C=O) groups excluding carboxylic acids is 2. The van der Waals surface area contributed by atoms with Crippen molar-refractivity contribution in [1.29, 1.82) is 0 Å². The van der Waals surface area contributed by atoms with Gasteiger partial charge in [-0.25, -0.2) is 9.80 Å². The van der Waals surface area contributed by atoms with E-state index >= 15 is 0 Å². The van der Waals surface area contributed by atoms with Gasteiger partial charge < -0.3 is 4.74 Å². The van der Waals surface area contributed by atoms with E-state index in [4.69, 9.17) is 9.84 Å². The van der Waals surface area contributed by atoms with Gasteiger partial charge in [0.25, 0.3) is 5.91 Å². The molecule has 2 aromatic rings. The first-order valence-corrected chi connectivity index (χ1v) is 10.2. The molecule has 1 aliphatic carbocycles. The van der Waals surface area contributed by atoms with Gasteiger partial charge in [-0.3, -0.25) is 4.79 Å². The van der Waals surface area contributed by atoms with E-state index in [0.29, 0.717) is 18.4 Å². The molecule has 1 heterocycles. The molecule has 0 saturated carbocycles. The first kappa shape index (κ1) is 20.1. The Hall–Kier alpha value is -3.21. The summed E-state index contributed by atoms with van der Waals surface area (Å²) in [7, 11) is 0. The van der Waals surface area contributed by atoms with Crippen molar-refractivity contribution >= 4 is 17.6 Å². The van der Waals surface area contributed by atoms with Gasteiger partial charge in [-0.15, -0.1) is 0 Å². The van der Waals surface area contributed by atoms with Gasteiger partial charge >= 0.3 is 5.97 Å². The van der Waals surface area contributed by atoms with Crippen LogP contribution in [0.4, 0.5) is 0 Å². The molecule has 0 radical (unpaired) electrons. The number of benzene rings is 2. The molecule has 1 spiro atoms. The second-order valence-electron chi connectivity index (χ2n) is 8.86. The predicted molar refractivity (Wildman–Crippen MR) is 116 cm³/mol. The summed E-state index contributed by atoms with van der Waals surface area (Å²) in [5.41, 5.74) is 1.81. The first-order chi connectivity index (χ1) is 14.3. The van der Waals surface area contributed by atoms with Crippen LogP contribution in [0.15, 0.2) is 77.4 Å². The lowest BCUT2D eigenvalue weighted by Gasteiger charge is -2.31. The first-order valence-electron chi connectivity index (χ1n) is 10.2. The number of allylic oxidation sites excluding steroid dienone is 1. The SMILES string of the molecule is CC(C)(C)N1N=C(c2ccccc2)[C@]2(CC=C(C(=O)OCc3ccccc3)C2)C1=O. The molecule has 5 heteroatoms. The van der Waals surface area contributed by atoms with Crippen molar-refractivity contribution in [2.24, 2.45) is 10.5 Å². The molecule has 2 aliphatic rings. The van der Waals surface area contributed by atoms with E-state index in [2.05, 4.69) is 0 Å². The Kier molecular flexibility index (Phi) is 5.06. The van der Waals surface area contributed by atoms with Gasteiger partial charge in [0.15, 0.2) is 0 Å². The molecule has 4 rings (SSSR count). The molecule has 0 bridgehead atoms. The zero-order chi connectivity index (χ0) is 21.4. The number of carbonyl (C=O) groups is 2. The zero-order valence-corrected chi connectivity index (χ0v) is 17.6. The van der Waals surface area contributed by atoms with Gasteiger partial charge in [0, 0.05) is 5.57 Å². The fourth-order valence-corrected chi connectivity index (χ4v) is 4.01. The summed E-state index contributed by atoms with van der Waals surface area (Å²) >= 11 is 0. The van der Waals surface area contributed by atoms with Gasteiger partial charge in [-0.1, -0.05) is 66.7 Å². The highest BCUT2D eigenvalue weighted by atomic mass is 16.5. The molecule has 2 aromatic carbocycles. The van der Waals surface area contributed by atoms with Crippen molar-refractivity contribution in [1.82, 2.24) is 5.01 Å². The van der Waals surface area contributed by atoms with Gasteiger partial charge in [-0.05, 0) is 44.7 Å². The molecule has 0 aromatic heterocycles. The third-order valence-corrected chi connectivity index (χ3v) is 5.60. The molecular weight excluding hydrogens is 376 g/mol. The number of amides is 1. The highest BCUT2D eigenvalue weighted by Crippen LogP contribution is 2.47. The van der Waals surface area contributed by atoms with Crippen LogP contribution in [0.3, 0.4) is 0 Å². The van der Waals surface area contributed by atoms with Gasteiger partial charge in [-0.2, -0.15) is 5.10 Å². The Morgan fingerprint density at radius 2 is 1.70 bits per heavy atom. The lowest BCUT2D eigenvalue weighted by Crippen LogP contribution is -2.45. The number of hydrogen-bond donors (Lipinski definition) is 0. The molecule has 0 unspecified atom stereocenters. The molecule has 5 nitrogen and oxygen atoms in total. The van der Waals surface area contributed by atoms with E-state index in [9.17, 15) is 9.59 Å². The van der Waals surface area contributed by atoms with Crippen molar-refractivity contribution < 1.29 is 14.3 Å². The summed E-state index contributed by atoms with van der Waals surface area (Å²) in [5, 5.41) is 6.32. The van der Waals surface area contributed by atoms with Crippen LogP contribution in [0.5, 0.6) is 0 Å². The summed E-state index contributed by atoms with van der Waals surface area (Å²) in [6, 6.07) is 19.3. The quantitative estimate of drug-likeness (QED) is 0.709. The molecule has 0 saturated heterocycles. The third-order valence-electron chi connectivity index (χ3n) is 5.60. The Morgan fingerprint density at radius 3 is 2.33 bits per heavy atom. The van der Waals surface area contributed by atoms with E-state index in [1.807, 2.05) is 87.5 Å². The second kappa shape index (κ2) is 7.56. The molecule has 1 amide bonds. The maximum absolute atomic E-state index is 13.5. The van der Waals surface area contributed by atoms with Crippen molar-refractivity contribution in [2.75, 3.05) is 0 Å². The van der Waals surface area contributed by atoms with Crippen LogP contribution in [0, 0.1) is 5.41 Å². The van der Waals surface area contributed by atoms with Gasteiger partial charge in [0.2, 0.25) is 0 Å². The highest BCUT2D eigenvalue weighted by molar-refractivity contribution is 6.21. The van der Waals surface area contributed by atoms with Crippen LogP contribution >= 0.6 is 0 Å². The normalized spacial score (nSPS) is 21.0. The Bertz CT molecular complexity index is 1020. The maximum atomic E-state index is 13.5. The predicted octanol–water partition coefficient (Wildman–Crippen LogP) is 4.48. The lowest BCUT2D eigenvalue weighted by atomic mass is 9.76. The number of hydrazone groups is 1. The van der Waals surface area contributed by atoms with E-state index < -0.39 is 11.0 Å². The average Bonchev–Trinajstić information content (AvgIpc) is 3.31. The maximum Gasteiger partial charge on any atom is 0.334 e. The molecule has 1 atom stereocenters. The number of hydrogen-bond acceptors (Lipinski definition) is 4. The number of nitrogens with zero attached hydrogens (tertiary/aromatic N) is 2. The van der Waals surface area contributed by atoms with Crippen LogP contribution in [-0.2, 0) is 20.9 Å². The molecule has 1 aliphatic heterocycles. The van der Waals surface area contributed by atoms with Crippen LogP contribution < -0.4 is 0 Å². The number of esters is 1. The third kappa shape index (κ3) is 3.56. The second-order valence-corrected chi connectivity index (χ2v) is 8.86. The minimum Gasteiger partial charge on any atom is -0.457 e. The van der Waals surface area contributed by atoms with E-state index in [-0.39, 0.29) is 18.5 Å². The molecule has 0 N–H and O–H groups in total. The van der Waals surface area contributed by atoms with Crippen molar-refractivity contribution in [3.8, 4) is 0 Å². The van der Waals surface area contributed by atoms with E-state index in [0.717, 1.165) is 16.8 Å². The average molecular weight is 402 g/mol. The fraction of sp³-hybridized carbons (Fsp3) is 0.320. The number of ether oxygens (including phenoxy) is 1. The Labute approximate surface area is 177 Å². The van der Waals surface area contributed by atoms with E-state index in [1.54, 1.807) is 5.01 Å². The summed E-state index contributed by atoms with van der Waals surface area (Å²) < 4.78 is 5.51. The molecule has 154 valence electrons. The van der Waals surface area contributed by atoms with Crippen LogP contribution in [0.25, 0.3) is 0 Å². The summed E-state index contributed by atoms with van der Waals surface area (Å²) in [6.45, 7) is 6.11. The minimum atomic E-state index is -0.851. The Morgan fingerprint density at radius 1 is 1.07 bits per heavy atom. The van der Waals surface area contributed by atoms with Gasteiger partial charge in [0.1, 0.15) is 12.0 Å². The standard InChI is InChI=1S/C25H26N2O3/c1-24(2,3)27-23(29)25(21(26-27)19-12-8-5-9-13-19)15-14-20(16-25)22(28)30-17-18-10-6-4-7-11-18/h4-14H,15-17H2,1-3H3/t25-/m1/s1. The monoisotopic (exact) mass is 402 g/mol. The van der Waals surface area contributed by atoms with Gasteiger partial charge in [0.05, 0.1) is 11.3 Å². The smallest absolute Gasteiger partial charge is 0.334 e. The Balaban J connectivity index is 1.58. The number of rotatable bonds is 4. The molecule has 30 heavy (non-hydrogen) atoms. The summed E-state index contributed by atoms with van der Waals surface area (Å²) in [4.78, 5) is 26.3. The van der Waals surface area contributed by atoms with Crippen molar-refractivity contribution in [3.63, 3.8) is 0 Å². The lowest BCUT2D eigenvalue weighted by molar-refractivity contribution is -0.141. The minimum absolute atomic E-state index is 0.0593. The summed E-state index contributed by atoms with van der Waals surface area (Å²) in [5.74, 6) is -0.430. The zero-order valence-electron chi connectivity index (χ0n) is 17.6. The van der Waals surface area contributed by atoms with Crippen LogP contribution in [0.2, 0.25) is 0 Å². The highest BCUT2D eigenvalue weighted by Gasteiger charge is 2.56. The molecular formula is C25H26N2O3. The van der Waals surface area contributed by atoms with Crippen molar-refractivity contribution in [3.05, 3.63) is 83.4 Å². The van der Waals surface area contributed by atoms with E-state index in [1.165, 1.54) is 0 Å². The molecule has 0 fully saturated rings.